The molecule has 24 heavy (non-hydrogen) atoms. The molecule has 0 bridgehead atoms. The molecule has 1 aliphatic carbocycles. The van der Waals surface area contributed by atoms with Crippen molar-refractivity contribution < 1.29 is 4.79 Å². The highest BCUT2D eigenvalue weighted by Crippen LogP contribution is 2.55. The Bertz CT molecular complexity index is 772. The normalized spacial score (nSPS) is 22.1. The van der Waals surface area contributed by atoms with Crippen LogP contribution in [0.5, 0.6) is 0 Å². The van der Waals surface area contributed by atoms with Crippen LogP contribution >= 0.6 is 0 Å². The minimum atomic E-state index is 0.0944. The van der Waals surface area contributed by atoms with E-state index in [0.717, 1.165) is 31.2 Å². The van der Waals surface area contributed by atoms with Gasteiger partial charge in [0.25, 0.3) is 5.91 Å². The van der Waals surface area contributed by atoms with Crippen LogP contribution in [0.15, 0.2) is 12.5 Å². The minimum absolute atomic E-state index is 0.0944. The summed E-state index contributed by atoms with van der Waals surface area (Å²) in [4.78, 5) is 15.0. The van der Waals surface area contributed by atoms with Crippen molar-refractivity contribution in [3.63, 3.8) is 0 Å². The standard InChI is InChI=1S/C17H24N6O/c1-4-22-11-18-20-15(22)14-9-23(10-17(14)6-5-7-17)16(24)13-8-19-21(3)12(13)2/h8,11,14H,4-7,9-10H2,1-3H3. The fourth-order valence-electron chi connectivity index (χ4n) is 4.27. The molecule has 2 aliphatic rings. The molecular formula is C17H24N6O. The second kappa shape index (κ2) is 5.43. The van der Waals surface area contributed by atoms with Crippen molar-refractivity contribution in [3.8, 4) is 0 Å². The van der Waals surface area contributed by atoms with Gasteiger partial charge in [-0.2, -0.15) is 5.10 Å². The molecule has 1 atom stereocenters. The summed E-state index contributed by atoms with van der Waals surface area (Å²) in [5.74, 6) is 1.42. The zero-order valence-corrected chi connectivity index (χ0v) is 14.6. The van der Waals surface area contributed by atoms with Gasteiger partial charge in [0.1, 0.15) is 12.2 Å². The zero-order valence-electron chi connectivity index (χ0n) is 14.6. The SMILES string of the molecule is CCn1cnnc1C1CN(C(=O)c2cnn(C)c2C)CC12CCC2. The van der Waals surface area contributed by atoms with Crippen molar-refractivity contribution in [3.05, 3.63) is 29.6 Å². The highest BCUT2D eigenvalue weighted by atomic mass is 16.2. The molecule has 2 fully saturated rings. The Kier molecular flexibility index (Phi) is 3.47. The summed E-state index contributed by atoms with van der Waals surface area (Å²) < 4.78 is 3.88. The first-order chi connectivity index (χ1) is 11.6. The fourth-order valence-corrected chi connectivity index (χ4v) is 4.27. The highest BCUT2D eigenvalue weighted by molar-refractivity contribution is 5.95. The van der Waals surface area contributed by atoms with E-state index < -0.39 is 0 Å². The molecule has 3 heterocycles. The first kappa shape index (κ1) is 15.4. The third kappa shape index (κ3) is 2.10. The van der Waals surface area contributed by atoms with E-state index in [2.05, 4.69) is 26.8 Å². The summed E-state index contributed by atoms with van der Waals surface area (Å²) in [6.07, 6.45) is 7.07. The van der Waals surface area contributed by atoms with E-state index in [1.165, 1.54) is 19.3 Å². The van der Waals surface area contributed by atoms with Crippen molar-refractivity contribution in [1.29, 1.82) is 0 Å². The van der Waals surface area contributed by atoms with E-state index in [9.17, 15) is 4.79 Å². The number of nitrogens with zero attached hydrogens (tertiary/aromatic N) is 6. The van der Waals surface area contributed by atoms with Crippen LogP contribution in [-0.4, -0.2) is 48.4 Å². The van der Waals surface area contributed by atoms with Crippen LogP contribution < -0.4 is 0 Å². The summed E-state index contributed by atoms with van der Waals surface area (Å²) in [6, 6.07) is 0. The molecule has 1 unspecified atom stereocenters. The highest BCUT2D eigenvalue weighted by Gasteiger charge is 2.53. The molecule has 0 aromatic carbocycles. The molecule has 1 saturated carbocycles. The second-order valence-corrected chi connectivity index (χ2v) is 7.20. The van der Waals surface area contributed by atoms with Gasteiger partial charge >= 0.3 is 0 Å². The predicted octanol–water partition coefficient (Wildman–Crippen LogP) is 1.75. The van der Waals surface area contributed by atoms with Crippen LogP contribution in [0.2, 0.25) is 0 Å². The molecule has 7 nitrogen and oxygen atoms in total. The maximum absolute atomic E-state index is 13.0. The van der Waals surface area contributed by atoms with Crippen LogP contribution in [0.25, 0.3) is 0 Å². The Morgan fingerprint density at radius 1 is 1.42 bits per heavy atom. The first-order valence-corrected chi connectivity index (χ1v) is 8.71. The lowest BCUT2D eigenvalue weighted by Gasteiger charge is -2.42. The van der Waals surface area contributed by atoms with Crippen molar-refractivity contribution in [2.45, 2.75) is 45.6 Å². The maximum Gasteiger partial charge on any atom is 0.257 e. The molecule has 2 aromatic heterocycles. The van der Waals surface area contributed by atoms with Crippen molar-refractivity contribution >= 4 is 5.91 Å². The van der Waals surface area contributed by atoms with Crippen molar-refractivity contribution in [1.82, 2.24) is 29.4 Å². The Balaban J connectivity index is 1.64. The number of hydrogen-bond acceptors (Lipinski definition) is 4. The summed E-state index contributed by atoms with van der Waals surface area (Å²) in [6.45, 7) is 6.47. The smallest absolute Gasteiger partial charge is 0.257 e. The van der Waals surface area contributed by atoms with E-state index in [1.54, 1.807) is 17.2 Å². The third-order valence-electron chi connectivity index (χ3n) is 6.05. The summed E-state index contributed by atoms with van der Waals surface area (Å²) >= 11 is 0. The van der Waals surface area contributed by atoms with Crippen molar-refractivity contribution in [2.24, 2.45) is 12.5 Å². The third-order valence-corrected chi connectivity index (χ3v) is 6.05. The molecule has 1 aliphatic heterocycles. The monoisotopic (exact) mass is 328 g/mol. The van der Waals surface area contributed by atoms with Gasteiger partial charge in [-0.1, -0.05) is 6.42 Å². The van der Waals surface area contributed by atoms with Crippen LogP contribution in [0.3, 0.4) is 0 Å². The summed E-state index contributed by atoms with van der Waals surface area (Å²) in [7, 11) is 1.87. The quantitative estimate of drug-likeness (QED) is 0.861. The van der Waals surface area contributed by atoms with Gasteiger partial charge in [-0.3, -0.25) is 9.48 Å². The zero-order chi connectivity index (χ0) is 16.9. The van der Waals surface area contributed by atoms with E-state index in [4.69, 9.17) is 0 Å². The lowest BCUT2D eigenvalue weighted by molar-refractivity contribution is 0.0722. The van der Waals surface area contributed by atoms with Crippen LogP contribution in [0.4, 0.5) is 0 Å². The second-order valence-electron chi connectivity index (χ2n) is 7.20. The molecule has 1 saturated heterocycles. The molecule has 1 spiro atoms. The number of hydrogen-bond donors (Lipinski definition) is 0. The molecule has 0 N–H and O–H groups in total. The fraction of sp³-hybridized carbons (Fsp3) is 0.647. The van der Waals surface area contributed by atoms with Gasteiger partial charge in [0.15, 0.2) is 0 Å². The van der Waals surface area contributed by atoms with Gasteiger partial charge in [-0.05, 0) is 32.1 Å². The van der Waals surface area contributed by atoms with Crippen LogP contribution in [-0.2, 0) is 13.6 Å². The number of likely N-dealkylation sites (tertiary alicyclic amines) is 1. The minimum Gasteiger partial charge on any atom is -0.337 e. The van der Waals surface area contributed by atoms with Gasteiger partial charge in [0, 0.05) is 38.3 Å². The largest absolute Gasteiger partial charge is 0.337 e. The topological polar surface area (TPSA) is 68.8 Å². The molecule has 1 amide bonds. The number of carbonyl (C=O) groups excluding carboxylic acids is 1. The molecule has 4 rings (SSSR count). The molecule has 0 radical (unpaired) electrons. The predicted molar refractivity (Wildman–Crippen MR) is 88.6 cm³/mol. The lowest BCUT2D eigenvalue weighted by atomic mass is 9.62. The van der Waals surface area contributed by atoms with Gasteiger partial charge in [0.05, 0.1) is 11.8 Å². The first-order valence-electron chi connectivity index (χ1n) is 8.71. The van der Waals surface area contributed by atoms with Gasteiger partial charge in [-0.25, -0.2) is 0 Å². The average Bonchev–Trinajstić information content (AvgIpc) is 3.23. The Morgan fingerprint density at radius 2 is 2.21 bits per heavy atom. The molecular weight excluding hydrogens is 304 g/mol. The number of amides is 1. The average molecular weight is 328 g/mol. The van der Waals surface area contributed by atoms with Gasteiger partial charge < -0.3 is 9.47 Å². The Labute approximate surface area is 141 Å². The van der Waals surface area contributed by atoms with E-state index >= 15 is 0 Å². The Morgan fingerprint density at radius 3 is 2.79 bits per heavy atom. The number of aromatic nitrogens is 5. The number of carbonyl (C=O) groups is 1. The lowest BCUT2D eigenvalue weighted by Crippen LogP contribution is -2.38. The van der Waals surface area contributed by atoms with E-state index in [1.807, 2.05) is 18.9 Å². The van der Waals surface area contributed by atoms with Crippen LogP contribution in [0.1, 0.15) is 54.0 Å². The van der Waals surface area contributed by atoms with E-state index in [-0.39, 0.29) is 17.2 Å². The van der Waals surface area contributed by atoms with Crippen molar-refractivity contribution in [2.75, 3.05) is 13.1 Å². The van der Waals surface area contributed by atoms with E-state index in [0.29, 0.717) is 5.56 Å². The number of aryl methyl sites for hydroxylation is 2. The maximum atomic E-state index is 13.0. The number of rotatable bonds is 3. The van der Waals surface area contributed by atoms with Crippen LogP contribution in [0, 0.1) is 12.3 Å². The Hall–Kier alpha value is -2.18. The summed E-state index contributed by atoms with van der Waals surface area (Å²) in [5, 5.41) is 12.7. The van der Waals surface area contributed by atoms with Gasteiger partial charge in [-0.15, -0.1) is 10.2 Å². The molecule has 128 valence electrons. The van der Waals surface area contributed by atoms with Gasteiger partial charge in [0.2, 0.25) is 0 Å². The summed E-state index contributed by atoms with van der Waals surface area (Å²) in [5.41, 5.74) is 1.82. The molecule has 2 aromatic rings. The molecule has 7 heteroatoms.